The van der Waals surface area contributed by atoms with Crippen molar-refractivity contribution in [1.82, 2.24) is 10.3 Å². The van der Waals surface area contributed by atoms with Crippen LogP contribution in [0.4, 0.5) is 10.5 Å². The smallest absolute Gasteiger partial charge is 0.414 e. The summed E-state index contributed by atoms with van der Waals surface area (Å²) in [6.45, 7) is 8.02. The van der Waals surface area contributed by atoms with Crippen molar-refractivity contribution in [2.24, 2.45) is 0 Å². The summed E-state index contributed by atoms with van der Waals surface area (Å²) < 4.78 is 11.0. The van der Waals surface area contributed by atoms with Crippen molar-refractivity contribution in [3.05, 3.63) is 59.4 Å². The normalized spacial score (nSPS) is 12.8. The predicted octanol–water partition coefficient (Wildman–Crippen LogP) is 4.88. The first-order valence-electron chi connectivity index (χ1n) is 9.66. The van der Waals surface area contributed by atoms with Crippen LogP contribution < -0.4 is 10.2 Å². The molecule has 0 spiro atoms. The Balaban J connectivity index is 1.98. The molecule has 1 atom stereocenters. The number of ether oxygens (including phenoxy) is 2. The number of aromatic nitrogens is 1. The first kappa shape index (κ1) is 22.6. The fourth-order valence-corrected chi connectivity index (χ4v) is 2.49. The molecule has 0 aliphatic carbocycles. The van der Waals surface area contributed by atoms with E-state index < -0.39 is 5.60 Å². The van der Waals surface area contributed by atoms with Gasteiger partial charge in [-0.2, -0.15) is 0 Å². The zero-order chi connectivity index (χ0) is 21.4. The van der Waals surface area contributed by atoms with Crippen molar-refractivity contribution in [3.8, 4) is 0 Å². The van der Waals surface area contributed by atoms with E-state index >= 15 is 0 Å². The number of carbonyl (C=O) groups excluding carboxylic acids is 1. The summed E-state index contributed by atoms with van der Waals surface area (Å²) in [5.74, 6) is 0. The maximum absolute atomic E-state index is 12.2. The molecule has 1 unspecified atom stereocenters. The molecule has 1 N–H and O–H groups in total. The molecule has 0 aliphatic heterocycles. The standard InChI is InChI=1S/C23H31N3O3/c1-17(28-16-24-5)21-14-11-19(15-25-21)8-7-18-9-12-20(13-10-18)26(6)22(27)29-23(2,3)4/h7-15,17,24H,16H2,1-6H3/b8-7+. The molecule has 6 heteroatoms. The van der Waals surface area contributed by atoms with Crippen molar-refractivity contribution in [3.63, 3.8) is 0 Å². The molecule has 2 aromatic rings. The summed E-state index contributed by atoms with van der Waals surface area (Å²) in [6.07, 6.45) is 5.41. The van der Waals surface area contributed by atoms with Crippen LogP contribution in [0.5, 0.6) is 0 Å². The van der Waals surface area contributed by atoms with Gasteiger partial charge in [-0.15, -0.1) is 0 Å². The molecule has 156 valence electrons. The van der Waals surface area contributed by atoms with Gasteiger partial charge >= 0.3 is 6.09 Å². The van der Waals surface area contributed by atoms with E-state index in [1.54, 1.807) is 7.05 Å². The second-order valence-electron chi connectivity index (χ2n) is 7.79. The first-order chi connectivity index (χ1) is 13.7. The molecule has 1 aromatic carbocycles. The third-order valence-electron chi connectivity index (χ3n) is 4.12. The Morgan fingerprint density at radius 3 is 2.31 bits per heavy atom. The summed E-state index contributed by atoms with van der Waals surface area (Å²) in [7, 11) is 3.55. The van der Waals surface area contributed by atoms with Gasteiger partial charge in [0.15, 0.2) is 0 Å². The molecule has 0 saturated carbocycles. The average Bonchev–Trinajstić information content (AvgIpc) is 2.69. The zero-order valence-electron chi connectivity index (χ0n) is 18.1. The molecule has 0 bridgehead atoms. The molecule has 1 amide bonds. The van der Waals surface area contributed by atoms with Crippen LogP contribution in [0.25, 0.3) is 12.2 Å². The summed E-state index contributed by atoms with van der Waals surface area (Å²) >= 11 is 0. The van der Waals surface area contributed by atoms with E-state index in [-0.39, 0.29) is 12.2 Å². The fraction of sp³-hybridized carbons (Fsp3) is 0.391. The van der Waals surface area contributed by atoms with Crippen LogP contribution in [-0.4, -0.2) is 37.5 Å². The molecule has 0 saturated heterocycles. The third-order valence-corrected chi connectivity index (χ3v) is 4.12. The number of benzene rings is 1. The quantitative estimate of drug-likeness (QED) is 0.675. The number of hydrogen-bond acceptors (Lipinski definition) is 5. The Morgan fingerprint density at radius 2 is 1.76 bits per heavy atom. The van der Waals surface area contributed by atoms with E-state index in [1.165, 1.54) is 4.90 Å². The Morgan fingerprint density at radius 1 is 1.14 bits per heavy atom. The SMILES string of the molecule is CNCOC(C)c1ccc(/C=C/c2ccc(N(C)C(=O)OC(C)(C)C)cc2)cn1. The van der Waals surface area contributed by atoms with Gasteiger partial charge in [0, 0.05) is 18.9 Å². The molecule has 2 rings (SSSR count). The average molecular weight is 398 g/mol. The minimum Gasteiger partial charge on any atom is -0.443 e. The Labute approximate surface area is 173 Å². The van der Waals surface area contributed by atoms with Crippen molar-refractivity contribution >= 4 is 23.9 Å². The van der Waals surface area contributed by atoms with E-state index in [4.69, 9.17) is 9.47 Å². The van der Waals surface area contributed by atoms with Gasteiger partial charge in [0.2, 0.25) is 0 Å². The minimum absolute atomic E-state index is 0.0602. The van der Waals surface area contributed by atoms with E-state index in [2.05, 4.69) is 10.3 Å². The molecular weight excluding hydrogens is 366 g/mol. The lowest BCUT2D eigenvalue weighted by molar-refractivity contribution is 0.0531. The molecule has 1 aromatic heterocycles. The molecule has 0 aliphatic rings. The van der Waals surface area contributed by atoms with Gasteiger partial charge in [-0.05, 0) is 64.1 Å². The summed E-state index contributed by atoms with van der Waals surface area (Å²) in [5, 5.41) is 2.96. The molecular formula is C23H31N3O3. The van der Waals surface area contributed by atoms with E-state index in [0.29, 0.717) is 6.73 Å². The third kappa shape index (κ3) is 7.33. The van der Waals surface area contributed by atoms with Crippen molar-refractivity contribution in [1.29, 1.82) is 0 Å². The highest BCUT2D eigenvalue weighted by Crippen LogP contribution is 2.19. The number of nitrogens with zero attached hydrogens (tertiary/aromatic N) is 2. The van der Waals surface area contributed by atoms with Crippen molar-refractivity contribution < 1.29 is 14.3 Å². The highest BCUT2D eigenvalue weighted by atomic mass is 16.6. The lowest BCUT2D eigenvalue weighted by Gasteiger charge is -2.24. The summed E-state index contributed by atoms with van der Waals surface area (Å²) in [4.78, 5) is 18.1. The predicted molar refractivity (Wildman–Crippen MR) is 118 cm³/mol. The maximum Gasteiger partial charge on any atom is 0.414 e. The van der Waals surface area contributed by atoms with Gasteiger partial charge in [-0.3, -0.25) is 15.2 Å². The van der Waals surface area contributed by atoms with E-state index in [0.717, 1.165) is 22.5 Å². The van der Waals surface area contributed by atoms with Crippen LogP contribution >= 0.6 is 0 Å². The van der Waals surface area contributed by atoms with Gasteiger partial charge in [0.25, 0.3) is 0 Å². The van der Waals surface area contributed by atoms with Crippen LogP contribution in [0.3, 0.4) is 0 Å². The molecule has 0 fully saturated rings. The molecule has 29 heavy (non-hydrogen) atoms. The summed E-state index contributed by atoms with van der Waals surface area (Å²) in [5.41, 5.74) is 3.18. The number of rotatable bonds is 7. The van der Waals surface area contributed by atoms with E-state index in [9.17, 15) is 4.79 Å². The minimum atomic E-state index is -0.519. The number of nitrogens with one attached hydrogen (secondary N) is 1. The van der Waals surface area contributed by atoms with Crippen LogP contribution in [0, 0.1) is 0 Å². The number of amides is 1. The number of hydrogen-bond donors (Lipinski definition) is 1. The van der Waals surface area contributed by atoms with Crippen LogP contribution in [0.2, 0.25) is 0 Å². The molecule has 1 heterocycles. The van der Waals surface area contributed by atoms with Crippen LogP contribution in [0.15, 0.2) is 42.6 Å². The first-order valence-corrected chi connectivity index (χ1v) is 9.66. The maximum atomic E-state index is 12.2. The topological polar surface area (TPSA) is 63.7 Å². The van der Waals surface area contributed by atoms with Crippen molar-refractivity contribution in [2.45, 2.75) is 39.4 Å². The fourth-order valence-electron chi connectivity index (χ4n) is 2.49. The Hall–Kier alpha value is -2.70. The lowest BCUT2D eigenvalue weighted by Crippen LogP contribution is -2.34. The highest BCUT2D eigenvalue weighted by molar-refractivity contribution is 5.87. The lowest BCUT2D eigenvalue weighted by atomic mass is 10.1. The van der Waals surface area contributed by atoms with Crippen LogP contribution in [-0.2, 0) is 9.47 Å². The van der Waals surface area contributed by atoms with Gasteiger partial charge in [-0.25, -0.2) is 4.79 Å². The van der Waals surface area contributed by atoms with Gasteiger partial charge in [0.1, 0.15) is 5.60 Å². The highest BCUT2D eigenvalue weighted by Gasteiger charge is 2.20. The zero-order valence-corrected chi connectivity index (χ0v) is 18.1. The van der Waals surface area contributed by atoms with Crippen LogP contribution in [0.1, 0.15) is 50.6 Å². The number of anilines is 1. The Kier molecular flexibility index (Phi) is 7.93. The largest absolute Gasteiger partial charge is 0.443 e. The number of carbonyl (C=O) groups is 1. The Bertz CT molecular complexity index is 809. The second kappa shape index (κ2) is 10.2. The van der Waals surface area contributed by atoms with Gasteiger partial charge in [0.05, 0.1) is 18.5 Å². The van der Waals surface area contributed by atoms with E-state index in [1.807, 2.05) is 89.5 Å². The number of pyridine rings is 1. The van der Waals surface area contributed by atoms with Gasteiger partial charge in [-0.1, -0.05) is 30.4 Å². The monoisotopic (exact) mass is 397 g/mol. The summed E-state index contributed by atoms with van der Waals surface area (Å²) in [6, 6.07) is 11.7. The molecule has 0 radical (unpaired) electrons. The van der Waals surface area contributed by atoms with Gasteiger partial charge < -0.3 is 9.47 Å². The van der Waals surface area contributed by atoms with Crippen molar-refractivity contribution in [2.75, 3.05) is 25.7 Å². The second-order valence-corrected chi connectivity index (χ2v) is 7.79. The molecule has 6 nitrogen and oxygen atoms in total.